The van der Waals surface area contributed by atoms with Crippen LogP contribution in [0.1, 0.15) is 29.8 Å². The lowest BCUT2D eigenvalue weighted by Gasteiger charge is -2.24. The SMILES string of the molecule is CNCCOc1cc(Cl)ccc1C(=O)N[C@@H](Cc1ccccc1)C(=O)N[C@H](C(=O)O)C(C)C. The Hall–Kier alpha value is -3.10. The summed E-state index contributed by atoms with van der Waals surface area (Å²) in [6.45, 7) is 4.29. The van der Waals surface area contributed by atoms with Crippen molar-refractivity contribution in [3.63, 3.8) is 0 Å². The zero-order chi connectivity index (χ0) is 24.4. The van der Waals surface area contributed by atoms with Crippen LogP contribution in [-0.4, -0.2) is 55.2 Å². The van der Waals surface area contributed by atoms with Crippen LogP contribution in [0.2, 0.25) is 5.02 Å². The van der Waals surface area contributed by atoms with Crippen LogP contribution in [0.15, 0.2) is 48.5 Å². The average Bonchev–Trinajstić information content (AvgIpc) is 2.77. The Kier molecular flexibility index (Phi) is 10.2. The molecule has 2 aromatic rings. The van der Waals surface area contributed by atoms with Crippen LogP contribution in [-0.2, 0) is 16.0 Å². The summed E-state index contributed by atoms with van der Waals surface area (Å²) in [5, 5.41) is 18.1. The van der Waals surface area contributed by atoms with Gasteiger partial charge in [0.1, 0.15) is 24.4 Å². The first-order valence-electron chi connectivity index (χ1n) is 10.7. The van der Waals surface area contributed by atoms with Crippen LogP contribution in [0.3, 0.4) is 0 Å². The normalized spacial score (nSPS) is 12.6. The van der Waals surface area contributed by atoms with E-state index >= 15 is 0 Å². The third-order valence-corrected chi connectivity index (χ3v) is 5.17. The van der Waals surface area contributed by atoms with E-state index in [1.807, 2.05) is 30.3 Å². The maximum Gasteiger partial charge on any atom is 0.326 e. The van der Waals surface area contributed by atoms with E-state index in [9.17, 15) is 19.5 Å². The maximum atomic E-state index is 13.1. The Balaban J connectivity index is 2.27. The summed E-state index contributed by atoms with van der Waals surface area (Å²) in [5.41, 5.74) is 1.04. The van der Waals surface area contributed by atoms with Crippen molar-refractivity contribution in [3.8, 4) is 5.75 Å². The van der Waals surface area contributed by atoms with Crippen LogP contribution < -0.4 is 20.7 Å². The average molecular weight is 476 g/mol. The van der Waals surface area contributed by atoms with Gasteiger partial charge in [0.05, 0.1) is 5.56 Å². The molecule has 0 saturated heterocycles. The molecule has 2 rings (SSSR count). The van der Waals surface area contributed by atoms with E-state index in [1.54, 1.807) is 27.0 Å². The van der Waals surface area contributed by atoms with E-state index in [2.05, 4.69) is 16.0 Å². The number of hydrogen-bond donors (Lipinski definition) is 4. The predicted molar refractivity (Wildman–Crippen MR) is 127 cm³/mol. The van der Waals surface area contributed by atoms with Crippen LogP contribution in [0.5, 0.6) is 5.75 Å². The molecule has 0 radical (unpaired) electrons. The van der Waals surface area contributed by atoms with Crippen LogP contribution in [0.25, 0.3) is 0 Å². The second-order valence-corrected chi connectivity index (χ2v) is 8.31. The van der Waals surface area contributed by atoms with E-state index in [-0.39, 0.29) is 17.9 Å². The van der Waals surface area contributed by atoms with Gasteiger partial charge in [-0.1, -0.05) is 55.8 Å². The van der Waals surface area contributed by atoms with Crippen molar-refractivity contribution in [1.82, 2.24) is 16.0 Å². The van der Waals surface area contributed by atoms with Crippen molar-refractivity contribution >= 4 is 29.4 Å². The molecule has 0 aromatic heterocycles. The number of ether oxygens (including phenoxy) is 1. The highest BCUT2D eigenvalue weighted by molar-refractivity contribution is 6.30. The number of amides is 2. The summed E-state index contributed by atoms with van der Waals surface area (Å²) in [7, 11) is 1.78. The fourth-order valence-electron chi connectivity index (χ4n) is 3.13. The first kappa shape index (κ1) is 26.2. The second kappa shape index (κ2) is 12.8. The monoisotopic (exact) mass is 475 g/mol. The highest BCUT2D eigenvalue weighted by atomic mass is 35.5. The zero-order valence-corrected chi connectivity index (χ0v) is 19.7. The predicted octanol–water partition coefficient (Wildman–Crippen LogP) is 2.50. The third kappa shape index (κ3) is 8.07. The minimum Gasteiger partial charge on any atom is -0.491 e. The third-order valence-electron chi connectivity index (χ3n) is 4.93. The minimum atomic E-state index is -1.14. The quantitative estimate of drug-likeness (QED) is 0.350. The summed E-state index contributed by atoms with van der Waals surface area (Å²) in [5.74, 6) is -2.29. The molecule has 0 heterocycles. The molecule has 0 bridgehead atoms. The molecule has 2 amide bonds. The van der Waals surface area contributed by atoms with Gasteiger partial charge in [0.2, 0.25) is 5.91 Å². The Morgan fingerprint density at radius 2 is 1.76 bits per heavy atom. The summed E-state index contributed by atoms with van der Waals surface area (Å²) in [6.07, 6.45) is 0.187. The molecule has 0 unspecified atom stereocenters. The molecule has 4 N–H and O–H groups in total. The Morgan fingerprint density at radius 3 is 2.36 bits per heavy atom. The lowest BCUT2D eigenvalue weighted by molar-refractivity contribution is -0.143. The van der Waals surface area contributed by atoms with Gasteiger partial charge in [-0.15, -0.1) is 0 Å². The number of halogens is 1. The summed E-state index contributed by atoms with van der Waals surface area (Å²) >= 11 is 6.07. The van der Waals surface area contributed by atoms with Crippen molar-refractivity contribution < 1.29 is 24.2 Å². The Morgan fingerprint density at radius 1 is 1.06 bits per heavy atom. The zero-order valence-electron chi connectivity index (χ0n) is 18.9. The topological polar surface area (TPSA) is 117 Å². The number of carboxylic acids is 1. The van der Waals surface area contributed by atoms with E-state index in [1.165, 1.54) is 12.1 Å². The molecule has 0 spiro atoms. The number of carboxylic acid groups (broad SMARTS) is 1. The van der Waals surface area contributed by atoms with Crippen molar-refractivity contribution in [3.05, 3.63) is 64.7 Å². The van der Waals surface area contributed by atoms with Gasteiger partial charge in [-0.2, -0.15) is 0 Å². The molecular formula is C24H30ClN3O5. The van der Waals surface area contributed by atoms with Crippen LogP contribution in [0.4, 0.5) is 0 Å². The van der Waals surface area contributed by atoms with Crippen molar-refractivity contribution in [1.29, 1.82) is 0 Å². The van der Waals surface area contributed by atoms with E-state index in [0.717, 1.165) is 5.56 Å². The van der Waals surface area contributed by atoms with Gasteiger partial charge >= 0.3 is 5.97 Å². The van der Waals surface area contributed by atoms with Crippen molar-refractivity contribution in [2.45, 2.75) is 32.4 Å². The molecule has 2 atom stereocenters. The van der Waals surface area contributed by atoms with Gasteiger partial charge in [-0.3, -0.25) is 9.59 Å². The molecule has 0 fully saturated rings. The van der Waals surface area contributed by atoms with Crippen LogP contribution in [0, 0.1) is 5.92 Å². The molecule has 0 aliphatic heterocycles. The minimum absolute atomic E-state index is 0.187. The molecule has 2 aromatic carbocycles. The lowest BCUT2D eigenvalue weighted by Crippen LogP contribution is -2.53. The molecule has 0 saturated carbocycles. The molecule has 33 heavy (non-hydrogen) atoms. The van der Waals surface area contributed by atoms with Gasteiger partial charge in [0.15, 0.2) is 0 Å². The largest absolute Gasteiger partial charge is 0.491 e. The summed E-state index contributed by atoms with van der Waals surface area (Å²) < 4.78 is 5.68. The molecule has 8 nitrogen and oxygen atoms in total. The summed E-state index contributed by atoms with van der Waals surface area (Å²) in [6, 6.07) is 11.7. The number of rotatable bonds is 12. The maximum absolute atomic E-state index is 13.1. The highest BCUT2D eigenvalue weighted by Gasteiger charge is 2.29. The number of likely N-dealkylation sites (N-methyl/N-ethyl adjacent to an activating group) is 1. The van der Waals surface area contributed by atoms with E-state index in [0.29, 0.717) is 23.9 Å². The van der Waals surface area contributed by atoms with Crippen molar-refractivity contribution in [2.24, 2.45) is 5.92 Å². The lowest BCUT2D eigenvalue weighted by atomic mass is 10.0. The number of carbonyl (C=O) groups excluding carboxylic acids is 2. The van der Waals surface area contributed by atoms with Gasteiger partial charge in [-0.25, -0.2) is 4.79 Å². The molecule has 0 aliphatic rings. The van der Waals surface area contributed by atoms with Gasteiger partial charge in [0, 0.05) is 18.0 Å². The number of carbonyl (C=O) groups is 3. The number of nitrogens with one attached hydrogen (secondary N) is 3. The van der Waals surface area contributed by atoms with Gasteiger partial charge in [0.25, 0.3) is 5.91 Å². The fraction of sp³-hybridized carbons (Fsp3) is 0.375. The Labute approximate surface area is 198 Å². The molecule has 178 valence electrons. The highest BCUT2D eigenvalue weighted by Crippen LogP contribution is 2.24. The number of hydrogen-bond acceptors (Lipinski definition) is 5. The molecule has 0 aliphatic carbocycles. The number of benzene rings is 2. The molecule has 9 heteroatoms. The first-order valence-corrected chi connectivity index (χ1v) is 11.1. The second-order valence-electron chi connectivity index (χ2n) is 7.88. The number of aliphatic carboxylic acids is 1. The first-order chi connectivity index (χ1) is 15.7. The van der Waals surface area contributed by atoms with E-state index in [4.69, 9.17) is 16.3 Å². The Bertz CT molecular complexity index is 952. The van der Waals surface area contributed by atoms with Crippen LogP contribution >= 0.6 is 11.6 Å². The van der Waals surface area contributed by atoms with Crippen molar-refractivity contribution in [2.75, 3.05) is 20.2 Å². The molecular weight excluding hydrogens is 446 g/mol. The smallest absolute Gasteiger partial charge is 0.326 e. The van der Waals surface area contributed by atoms with E-state index < -0.39 is 29.9 Å². The summed E-state index contributed by atoms with van der Waals surface area (Å²) in [4.78, 5) is 37.7. The fourth-order valence-corrected chi connectivity index (χ4v) is 3.29. The van der Waals surface area contributed by atoms with Gasteiger partial charge in [-0.05, 0) is 36.7 Å². The van der Waals surface area contributed by atoms with Gasteiger partial charge < -0.3 is 25.8 Å². The standard InChI is InChI=1S/C24H30ClN3O5/c1-15(2)21(24(31)32)28-23(30)19(13-16-7-5-4-6-8-16)27-22(29)18-10-9-17(25)14-20(18)33-12-11-26-3/h4-10,14-15,19,21,26H,11-13H2,1-3H3,(H,27,29)(H,28,30)(H,31,32)/t19-,21-/m0/s1.